The molecular formula is C39H48N2O6. The normalized spacial score (nSPS) is 19.9. The molecule has 2 aliphatic rings. The molecule has 0 aromatic heterocycles. The molecule has 3 N–H and O–H groups in total. The molecule has 1 amide bonds. The van der Waals surface area contributed by atoms with E-state index in [1.807, 2.05) is 42.5 Å². The summed E-state index contributed by atoms with van der Waals surface area (Å²) in [5.74, 6) is -0.910. The van der Waals surface area contributed by atoms with Crippen molar-refractivity contribution in [3.63, 3.8) is 0 Å². The van der Waals surface area contributed by atoms with Gasteiger partial charge in [-0.3, -0.25) is 14.5 Å². The molecule has 1 heterocycles. The van der Waals surface area contributed by atoms with Crippen LogP contribution in [0, 0.1) is 0 Å². The van der Waals surface area contributed by atoms with E-state index in [0.29, 0.717) is 31.8 Å². The molecule has 1 aliphatic carbocycles. The molecule has 3 aromatic carbocycles. The van der Waals surface area contributed by atoms with Crippen molar-refractivity contribution >= 4 is 11.9 Å². The van der Waals surface area contributed by atoms with Gasteiger partial charge < -0.3 is 25.0 Å². The molecule has 0 radical (unpaired) electrons. The zero-order valence-corrected chi connectivity index (χ0v) is 27.2. The van der Waals surface area contributed by atoms with E-state index in [2.05, 4.69) is 53.2 Å². The third-order valence-corrected chi connectivity index (χ3v) is 9.24. The average molecular weight is 641 g/mol. The maximum absolute atomic E-state index is 12.2. The number of rotatable bonds is 16. The topological polar surface area (TPSA) is 108 Å². The van der Waals surface area contributed by atoms with E-state index in [1.165, 1.54) is 25.7 Å². The maximum Gasteiger partial charge on any atom is 0.303 e. The zero-order chi connectivity index (χ0) is 33.0. The first-order valence-corrected chi connectivity index (χ1v) is 16.9. The number of carbonyl (C=O) groups is 2. The Labute approximate surface area is 278 Å². The molecule has 8 nitrogen and oxygen atoms in total. The lowest BCUT2D eigenvalue weighted by atomic mass is 9.98. The van der Waals surface area contributed by atoms with Crippen LogP contribution in [0.2, 0.25) is 0 Å². The van der Waals surface area contributed by atoms with Crippen molar-refractivity contribution in [3.05, 3.63) is 108 Å². The Bertz CT molecular complexity index is 1450. The number of unbranched alkanes of at least 4 members (excludes halogenated alkanes) is 1. The number of hydrogen-bond donors (Lipinski definition) is 3. The number of aliphatic hydroxyl groups is 1. The molecule has 3 aromatic rings. The van der Waals surface area contributed by atoms with Crippen LogP contribution < -0.4 is 5.32 Å². The van der Waals surface area contributed by atoms with E-state index in [-0.39, 0.29) is 31.1 Å². The largest absolute Gasteiger partial charge is 0.481 e. The summed E-state index contributed by atoms with van der Waals surface area (Å²) in [6.07, 6.45) is 8.53. The minimum Gasteiger partial charge on any atom is -0.481 e. The van der Waals surface area contributed by atoms with Crippen molar-refractivity contribution in [1.29, 1.82) is 0 Å². The Morgan fingerprint density at radius 3 is 2.32 bits per heavy atom. The first-order valence-electron chi connectivity index (χ1n) is 16.9. The lowest BCUT2D eigenvalue weighted by Gasteiger charge is -2.39. The Balaban J connectivity index is 1.26. The zero-order valence-electron chi connectivity index (χ0n) is 27.2. The van der Waals surface area contributed by atoms with Crippen LogP contribution in [0.15, 0.2) is 85.5 Å². The number of nitrogens with one attached hydrogen (secondary N) is 1. The van der Waals surface area contributed by atoms with Crippen molar-refractivity contribution in [2.45, 2.75) is 95.5 Å². The van der Waals surface area contributed by atoms with Gasteiger partial charge in [0, 0.05) is 50.5 Å². The van der Waals surface area contributed by atoms with Gasteiger partial charge in [0.05, 0.1) is 18.8 Å². The van der Waals surface area contributed by atoms with Crippen molar-refractivity contribution in [2.24, 2.45) is 0 Å². The number of carboxylic acids is 1. The second-order valence-electron chi connectivity index (χ2n) is 12.7. The van der Waals surface area contributed by atoms with Gasteiger partial charge >= 0.3 is 5.97 Å². The van der Waals surface area contributed by atoms with Gasteiger partial charge in [-0.2, -0.15) is 0 Å². The second kappa shape index (κ2) is 17.4. The van der Waals surface area contributed by atoms with Gasteiger partial charge in [0.15, 0.2) is 6.29 Å². The molecule has 8 heteroatoms. The third-order valence-electron chi connectivity index (χ3n) is 9.24. The maximum atomic E-state index is 12.2. The summed E-state index contributed by atoms with van der Waals surface area (Å²) in [6.45, 7) is 6.12. The highest BCUT2D eigenvalue weighted by Gasteiger charge is 2.34. The summed E-state index contributed by atoms with van der Waals surface area (Å²) in [5.41, 5.74) is 6.01. The summed E-state index contributed by atoms with van der Waals surface area (Å²) < 4.78 is 13.3. The van der Waals surface area contributed by atoms with Crippen LogP contribution in [0.3, 0.4) is 0 Å². The van der Waals surface area contributed by atoms with E-state index in [1.54, 1.807) is 0 Å². The van der Waals surface area contributed by atoms with Gasteiger partial charge in [-0.1, -0.05) is 85.6 Å². The molecule has 47 heavy (non-hydrogen) atoms. The van der Waals surface area contributed by atoms with Crippen molar-refractivity contribution < 1.29 is 29.3 Å². The Hall–Kier alpha value is -3.82. The van der Waals surface area contributed by atoms with Gasteiger partial charge in [0.25, 0.3) is 0 Å². The van der Waals surface area contributed by atoms with Gasteiger partial charge in [-0.15, -0.1) is 6.58 Å². The molecule has 250 valence electrons. The minimum absolute atomic E-state index is 0.0120. The minimum atomic E-state index is -0.835. The standard InChI is InChI=1S/C39H48N2O6/c1-2-22-41(34-10-3-4-11-34)26-35-24-36(31-16-14-28(27-42)15-17-31)47-39(46-35)32-20-18-30(19-21-32)33-9-7-8-29(23-33)25-40-37(43)12-5-6-13-38(44)45/h2,7-9,14-21,23,34-36,39,42H,1,3-6,10-13,22,24-27H2,(H,40,43)(H,44,45). The van der Waals surface area contributed by atoms with Gasteiger partial charge in [-0.25, -0.2) is 0 Å². The molecule has 1 aliphatic heterocycles. The van der Waals surface area contributed by atoms with E-state index >= 15 is 0 Å². The summed E-state index contributed by atoms with van der Waals surface area (Å²) >= 11 is 0. The van der Waals surface area contributed by atoms with E-state index < -0.39 is 12.3 Å². The Morgan fingerprint density at radius 2 is 1.62 bits per heavy atom. The van der Waals surface area contributed by atoms with E-state index in [9.17, 15) is 14.7 Å². The number of benzene rings is 3. The first kappa shape index (κ1) is 34.5. The van der Waals surface area contributed by atoms with Gasteiger partial charge in [-0.05, 0) is 59.6 Å². The lowest BCUT2D eigenvalue weighted by molar-refractivity contribution is -0.253. The number of amides is 1. The summed E-state index contributed by atoms with van der Waals surface area (Å²) in [5, 5.41) is 21.3. The number of aliphatic carboxylic acids is 1. The predicted octanol–water partition coefficient (Wildman–Crippen LogP) is 7.08. The summed E-state index contributed by atoms with van der Waals surface area (Å²) in [7, 11) is 0. The van der Waals surface area contributed by atoms with Crippen LogP contribution in [-0.4, -0.2) is 52.2 Å². The van der Waals surface area contributed by atoms with Crippen LogP contribution in [0.25, 0.3) is 11.1 Å². The number of carboxylic acid groups (broad SMARTS) is 1. The van der Waals surface area contributed by atoms with Gasteiger partial charge in [0.1, 0.15) is 0 Å². The molecule has 3 unspecified atom stereocenters. The van der Waals surface area contributed by atoms with E-state index in [0.717, 1.165) is 52.9 Å². The summed E-state index contributed by atoms with van der Waals surface area (Å²) in [6, 6.07) is 25.0. The quantitative estimate of drug-likeness (QED) is 0.113. The fourth-order valence-electron chi connectivity index (χ4n) is 6.65. The number of nitrogens with zero attached hydrogens (tertiary/aromatic N) is 1. The smallest absolute Gasteiger partial charge is 0.303 e. The van der Waals surface area contributed by atoms with Crippen LogP contribution in [0.4, 0.5) is 0 Å². The molecule has 1 saturated heterocycles. The molecule has 3 atom stereocenters. The fraction of sp³-hybridized carbons (Fsp3) is 0.436. The predicted molar refractivity (Wildman–Crippen MR) is 182 cm³/mol. The average Bonchev–Trinajstić information content (AvgIpc) is 3.64. The highest BCUT2D eigenvalue weighted by Crippen LogP contribution is 2.39. The number of carbonyl (C=O) groups excluding carboxylic acids is 1. The van der Waals surface area contributed by atoms with Crippen molar-refractivity contribution in [2.75, 3.05) is 13.1 Å². The Morgan fingerprint density at radius 1 is 0.894 bits per heavy atom. The van der Waals surface area contributed by atoms with E-state index in [4.69, 9.17) is 14.6 Å². The first-order chi connectivity index (χ1) is 22.9. The second-order valence-corrected chi connectivity index (χ2v) is 12.7. The van der Waals surface area contributed by atoms with Crippen LogP contribution in [0.5, 0.6) is 0 Å². The van der Waals surface area contributed by atoms with Crippen LogP contribution in [0.1, 0.15) is 92.4 Å². The molecular weight excluding hydrogens is 592 g/mol. The highest BCUT2D eigenvalue weighted by molar-refractivity contribution is 5.76. The molecule has 0 bridgehead atoms. The van der Waals surface area contributed by atoms with Crippen molar-refractivity contribution in [3.8, 4) is 11.1 Å². The highest BCUT2D eigenvalue weighted by atomic mass is 16.7. The molecule has 0 spiro atoms. The molecule has 5 rings (SSSR count). The third kappa shape index (κ3) is 10.1. The van der Waals surface area contributed by atoms with Crippen LogP contribution in [-0.2, 0) is 32.2 Å². The summed E-state index contributed by atoms with van der Waals surface area (Å²) in [4.78, 5) is 25.4. The molecule has 2 fully saturated rings. The van der Waals surface area contributed by atoms with Crippen molar-refractivity contribution in [1.82, 2.24) is 10.2 Å². The number of ether oxygens (including phenoxy) is 2. The monoisotopic (exact) mass is 640 g/mol. The SMILES string of the molecule is C=CCN(CC1CC(c2ccc(CO)cc2)OC(c2ccc(-c3cccc(CNC(=O)CCCCC(=O)O)c3)cc2)O1)C1CCCC1. The molecule has 1 saturated carbocycles. The van der Waals surface area contributed by atoms with Gasteiger partial charge in [0.2, 0.25) is 5.91 Å². The number of aliphatic hydroxyl groups excluding tert-OH is 1. The Kier molecular flexibility index (Phi) is 12.8. The number of hydrogen-bond acceptors (Lipinski definition) is 6. The fourth-order valence-corrected chi connectivity index (χ4v) is 6.65. The van der Waals surface area contributed by atoms with Crippen LogP contribution >= 0.6 is 0 Å². The lowest BCUT2D eigenvalue weighted by Crippen LogP contribution is -2.43.